The Morgan fingerprint density at radius 3 is 2.57 bits per heavy atom. The molecule has 0 radical (unpaired) electrons. The zero-order valence-electron chi connectivity index (χ0n) is 12.7. The number of carbonyl (C=O) groups is 1. The molecule has 118 valence electrons. The molecular weight excluding hydrogens is 288 g/mol. The van der Waals surface area contributed by atoms with E-state index in [1.54, 1.807) is 0 Å². The van der Waals surface area contributed by atoms with Crippen molar-refractivity contribution in [2.75, 3.05) is 18.0 Å². The van der Waals surface area contributed by atoms with Crippen molar-refractivity contribution in [3.05, 3.63) is 24.4 Å². The van der Waals surface area contributed by atoms with Crippen molar-refractivity contribution < 1.29 is 4.79 Å². The fourth-order valence-corrected chi connectivity index (χ4v) is 2.39. The van der Waals surface area contributed by atoms with E-state index in [1.165, 1.54) is 0 Å². The van der Waals surface area contributed by atoms with E-state index in [0.717, 1.165) is 31.7 Å². The van der Waals surface area contributed by atoms with Crippen LogP contribution < -0.4 is 16.0 Å². The largest absolute Gasteiger partial charge is 0.356 e. The van der Waals surface area contributed by atoms with Crippen molar-refractivity contribution in [2.45, 2.75) is 38.8 Å². The molecular formula is C15H25ClN4O. The molecule has 1 aliphatic heterocycles. The predicted molar refractivity (Wildman–Crippen MR) is 87.7 cm³/mol. The normalized spacial score (nSPS) is 17.2. The Kier molecular flexibility index (Phi) is 6.92. The first-order chi connectivity index (χ1) is 9.58. The van der Waals surface area contributed by atoms with E-state index >= 15 is 0 Å². The molecule has 0 saturated carbocycles. The number of piperidine rings is 1. The van der Waals surface area contributed by atoms with Crippen LogP contribution in [0.15, 0.2) is 24.4 Å². The van der Waals surface area contributed by atoms with Gasteiger partial charge in [0.1, 0.15) is 5.82 Å². The van der Waals surface area contributed by atoms with Crippen molar-refractivity contribution in [3.8, 4) is 0 Å². The summed E-state index contributed by atoms with van der Waals surface area (Å²) in [7, 11) is 0. The standard InChI is InChI=1S/C15H24N4O.ClH/c1-11(2)14(16)15(20)18-12-6-9-19(10-7-12)13-5-3-4-8-17-13;/h3-5,8,11-12,14H,6-7,9-10,16H2,1-2H3,(H,18,20);1H/t14-;/m0./s1. The lowest BCUT2D eigenvalue weighted by molar-refractivity contribution is -0.124. The maximum atomic E-state index is 11.9. The Bertz CT molecular complexity index is 433. The zero-order chi connectivity index (χ0) is 14.5. The summed E-state index contributed by atoms with van der Waals surface area (Å²) in [6.45, 7) is 5.76. The second-order valence-corrected chi connectivity index (χ2v) is 5.73. The third-order valence-corrected chi connectivity index (χ3v) is 3.84. The van der Waals surface area contributed by atoms with Crippen LogP contribution in [0.1, 0.15) is 26.7 Å². The Morgan fingerprint density at radius 2 is 2.05 bits per heavy atom. The smallest absolute Gasteiger partial charge is 0.237 e. The molecule has 0 bridgehead atoms. The quantitative estimate of drug-likeness (QED) is 0.885. The summed E-state index contributed by atoms with van der Waals surface area (Å²) in [5, 5.41) is 3.06. The van der Waals surface area contributed by atoms with Gasteiger partial charge in [-0.05, 0) is 30.9 Å². The van der Waals surface area contributed by atoms with Crippen molar-refractivity contribution in [1.82, 2.24) is 10.3 Å². The van der Waals surface area contributed by atoms with Gasteiger partial charge in [-0.2, -0.15) is 0 Å². The first kappa shape index (κ1) is 17.7. The van der Waals surface area contributed by atoms with Crippen LogP contribution in [0.2, 0.25) is 0 Å². The number of anilines is 1. The molecule has 21 heavy (non-hydrogen) atoms. The SMILES string of the molecule is CC(C)[C@H](N)C(=O)NC1CCN(c2ccccn2)CC1.Cl. The third-order valence-electron chi connectivity index (χ3n) is 3.84. The minimum absolute atomic E-state index is 0. The number of hydrogen-bond acceptors (Lipinski definition) is 4. The van der Waals surface area contributed by atoms with Crippen LogP contribution in [0, 0.1) is 5.92 Å². The summed E-state index contributed by atoms with van der Waals surface area (Å²) in [4.78, 5) is 18.6. The highest BCUT2D eigenvalue weighted by Gasteiger charge is 2.24. The fraction of sp³-hybridized carbons (Fsp3) is 0.600. The van der Waals surface area contributed by atoms with E-state index in [4.69, 9.17) is 5.73 Å². The number of nitrogens with two attached hydrogens (primary N) is 1. The molecule has 1 aliphatic rings. The van der Waals surface area contributed by atoms with Gasteiger partial charge in [-0.1, -0.05) is 19.9 Å². The van der Waals surface area contributed by atoms with Gasteiger partial charge < -0.3 is 16.0 Å². The molecule has 1 atom stereocenters. The lowest BCUT2D eigenvalue weighted by Crippen LogP contribution is -2.51. The molecule has 1 aromatic rings. The highest BCUT2D eigenvalue weighted by atomic mass is 35.5. The van der Waals surface area contributed by atoms with Crippen LogP contribution in [-0.4, -0.2) is 36.1 Å². The maximum Gasteiger partial charge on any atom is 0.237 e. The van der Waals surface area contributed by atoms with Crippen molar-refractivity contribution in [1.29, 1.82) is 0 Å². The summed E-state index contributed by atoms with van der Waals surface area (Å²) in [6.07, 6.45) is 3.69. The van der Waals surface area contributed by atoms with E-state index < -0.39 is 6.04 Å². The van der Waals surface area contributed by atoms with Crippen LogP contribution in [0.5, 0.6) is 0 Å². The van der Waals surface area contributed by atoms with E-state index in [2.05, 4.69) is 15.2 Å². The Balaban J connectivity index is 0.00000220. The molecule has 5 nitrogen and oxygen atoms in total. The maximum absolute atomic E-state index is 11.9. The number of hydrogen-bond donors (Lipinski definition) is 2. The minimum atomic E-state index is -0.413. The number of nitrogens with zero attached hydrogens (tertiary/aromatic N) is 2. The second kappa shape index (κ2) is 8.20. The Hall–Kier alpha value is -1.33. The molecule has 0 aliphatic carbocycles. The van der Waals surface area contributed by atoms with Crippen LogP contribution in [0.3, 0.4) is 0 Å². The Labute approximate surface area is 132 Å². The summed E-state index contributed by atoms with van der Waals surface area (Å²) < 4.78 is 0. The average molecular weight is 313 g/mol. The summed E-state index contributed by atoms with van der Waals surface area (Å²) in [5.41, 5.74) is 5.86. The molecule has 1 saturated heterocycles. The molecule has 1 aromatic heterocycles. The minimum Gasteiger partial charge on any atom is -0.356 e. The summed E-state index contributed by atoms with van der Waals surface area (Å²) in [6, 6.07) is 5.76. The molecule has 1 fully saturated rings. The monoisotopic (exact) mass is 312 g/mol. The number of halogens is 1. The Morgan fingerprint density at radius 1 is 1.38 bits per heavy atom. The van der Waals surface area contributed by atoms with Gasteiger partial charge in [-0.3, -0.25) is 4.79 Å². The average Bonchev–Trinajstić information content (AvgIpc) is 2.48. The van der Waals surface area contributed by atoms with Gasteiger partial charge in [0.25, 0.3) is 0 Å². The molecule has 6 heteroatoms. The van der Waals surface area contributed by atoms with E-state index in [-0.39, 0.29) is 30.3 Å². The van der Waals surface area contributed by atoms with Crippen molar-refractivity contribution >= 4 is 24.1 Å². The van der Waals surface area contributed by atoms with E-state index in [0.29, 0.717) is 0 Å². The van der Waals surface area contributed by atoms with Gasteiger partial charge in [0.2, 0.25) is 5.91 Å². The summed E-state index contributed by atoms with van der Waals surface area (Å²) in [5.74, 6) is 1.15. The first-order valence-corrected chi connectivity index (χ1v) is 7.30. The lowest BCUT2D eigenvalue weighted by Gasteiger charge is -2.33. The predicted octanol–water partition coefficient (Wildman–Crippen LogP) is 1.57. The number of rotatable bonds is 4. The highest BCUT2D eigenvalue weighted by molar-refractivity contribution is 5.85. The molecule has 0 aromatic carbocycles. The molecule has 2 heterocycles. The topological polar surface area (TPSA) is 71.2 Å². The lowest BCUT2D eigenvalue weighted by atomic mass is 10.0. The van der Waals surface area contributed by atoms with Crippen LogP contribution in [0.25, 0.3) is 0 Å². The van der Waals surface area contributed by atoms with Crippen LogP contribution in [0.4, 0.5) is 5.82 Å². The zero-order valence-corrected chi connectivity index (χ0v) is 13.5. The molecule has 3 N–H and O–H groups in total. The molecule has 0 unspecified atom stereocenters. The van der Waals surface area contributed by atoms with Gasteiger partial charge in [-0.15, -0.1) is 12.4 Å². The molecule has 0 spiro atoms. The van der Waals surface area contributed by atoms with Gasteiger partial charge >= 0.3 is 0 Å². The number of amides is 1. The number of nitrogens with one attached hydrogen (secondary N) is 1. The van der Waals surface area contributed by atoms with Gasteiger partial charge in [-0.25, -0.2) is 4.98 Å². The molecule has 1 amide bonds. The van der Waals surface area contributed by atoms with Crippen LogP contribution >= 0.6 is 12.4 Å². The van der Waals surface area contributed by atoms with Gasteiger partial charge in [0, 0.05) is 25.3 Å². The van der Waals surface area contributed by atoms with E-state index in [9.17, 15) is 4.79 Å². The van der Waals surface area contributed by atoms with Crippen LogP contribution in [-0.2, 0) is 4.79 Å². The highest BCUT2D eigenvalue weighted by Crippen LogP contribution is 2.17. The summed E-state index contributed by atoms with van der Waals surface area (Å²) >= 11 is 0. The van der Waals surface area contributed by atoms with E-state index in [1.807, 2.05) is 38.2 Å². The fourth-order valence-electron chi connectivity index (χ4n) is 2.39. The number of carbonyl (C=O) groups excluding carboxylic acids is 1. The second-order valence-electron chi connectivity index (χ2n) is 5.73. The number of pyridine rings is 1. The first-order valence-electron chi connectivity index (χ1n) is 7.30. The third kappa shape index (κ3) is 4.86. The van der Waals surface area contributed by atoms with Crippen molar-refractivity contribution in [2.24, 2.45) is 11.7 Å². The van der Waals surface area contributed by atoms with Gasteiger partial charge in [0.05, 0.1) is 6.04 Å². The van der Waals surface area contributed by atoms with Gasteiger partial charge in [0.15, 0.2) is 0 Å². The molecule has 2 rings (SSSR count). The number of aromatic nitrogens is 1. The van der Waals surface area contributed by atoms with Crippen molar-refractivity contribution in [3.63, 3.8) is 0 Å².